The van der Waals surface area contributed by atoms with Crippen molar-refractivity contribution < 1.29 is 9.84 Å². The fourth-order valence-electron chi connectivity index (χ4n) is 3.23. The number of benzene rings is 1. The van der Waals surface area contributed by atoms with Crippen LogP contribution in [-0.4, -0.2) is 23.9 Å². The van der Waals surface area contributed by atoms with E-state index in [9.17, 15) is 5.11 Å². The number of hydrogen-bond donors (Lipinski definition) is 2. The Morgan fingerprint density at radius 3 is 2.72 bits per heavy atom. The van der Waals surface area contributed by atoms with Crippen molar-refractivity contribution in [3.05, 3.63) is 47.6 Å². The van der Waals surface area contributed by atoms with Crippen LogP contribution in [0.5, 0.6) is 5.75 Å². The Kier molecular flexibility index (Phi) is 7.73. The fraction of sp³-hybridized carbons (Fsp3) is 0.545. The summed E-state index contributed by atoms with van der Waals surface area (Å²) in [5.41, 5.74) is 8.01. The summed E-state index contributed by atoms with van der Waals surface area (Å²) in [7, 11) is 0. The Hall–Kier alpha value is -1.58. The first-order valence-electron chi connectivity index (χ1n) is 9.57. The molecule has 0 aromatic heterocycles. The Morgan fingerprint density at radius 2 is 1.96 bits per heavy atom. The minimum atomic E-state index is -0.579. The second-order valence-corrected chi connectivity index (χ2v) is 7.42. The molecule has 1 aliphatic rings. The monoisotopic (exact) mass is 343 g/mol. The summed E-state index contributed by atoms with van der Waals surface area (Å²) >= 11 is 0. The van der Waals surface area contributed by atoms with Gasteiger partial charge in [-0.3, -0.25) is 0 Å². The molecular weight excluding hydrogens is 310 g/mol. The maximum atomic E-state index is 9.48. The van der Waals surface area contributed by atoms with E-state index in [1.54, 1.807) is 0 Å². The van der Waals surface area contributed by atoms with Gasteiger partial charge in [0.1, 0.15) is 5.75 Å². The van der Waals surface area contributed by atoms with Crippen molar-refractivity contribution in [3.8, 4) is 5.75 Å². The Balaban J connectivity index is 1.99. The quantitative estimate of drug-likeness (QED) is 0.600. The molecule has 0 amide bonds. The highest BCUT2D eigenvalue weighted by atomic mass is 16.5. The SMILES string of the molecule is CCCCCCCOc1ccc2c(c1)C=CC=CC2CC(C)(N)CO. The summed E-state index contributed by atoms with van der Waals surface area (Å²) in [6.45, 7) is 4.89. The highest BCUT2D eigenvalue weighted by molar-refractivity contribution is 5.61. The molecule has 2 atom stereocenters. The van der Waals surface area contributed by atoms with Gasteiger partial charge in [0.05, 0.1) is 13.2 Å². The van der Waals surface area contributed by atoms with Crippen LogP contribution in [0.15, 0.2) is 36.4 Å². The molecule has 25 heavy (non-hydrogen) atoms. The topological polar surface area (TPSA) is 55.5 Å². The molecule has 0 aliphatic heterocycles. The predicted molar refractivity (Wildman–Crippen MR) is 106 cm³/mol. The van der Waals surface area contributed by atoms with Gasteiger partial charge in [0.15, 0.2) is 0 Å². The molecule has 0 spiro atoms. The standard InChI is InChI=1S/C22H33NO2/c1-3-4-5-6-9-14-25-20-12-13-21-18(15-20)10-7-8-11-19(21)16-22(2,23)17-24/h7-8,10-13,15,19,24H,3-6,9,14,16-17,23H2,1-2H3. The van der Waals surface area contributed by atoms with E-state index in [0.717, 1.165) is 18.8 Å². The van der Waals surface area contributed by atoms with Crippen LogP contribution < -0.4 is 10.5 Å². The largest absolute Gasteiger partial charge is 0.494 e. The first-order chi connectivity index (χ1) is 12.1. The number of fused-ring (bicyclic) bond motifs is 1. The molecule has 3 N–H and O–H groups in total. The number of aliphatic hydroxyl groups excluding tert-OH is 1. The zero-order chi connectivity index (χ0) is 18.1. The second-order valence-electron chi connectivity index (χ2n) is 7.42. The van der Waals surface area contributed by atoms with Gasteiger partial charge in [-0.25, -0.2) is 0 Å². The van der Waals surface area contributed by atoms with Crippen molar-refractivity contribution in [2.24, 2.45) is 5.73 Å². The Labute approximate surface area is 152 Å². The van der Waals surface area contributed by atoms with Gasteiger partial charge in [-0.15, -0.1) is 0 Å². The van der Waals surface area contributed by atoms with E-state index in [-0.39, 0.29) is 12.5 Å². The van der Waals surface area contributed by atoms with Crippen molar-refractivity contribution in [1.29, 1.82) is 0 Å². The molecule has 0 saturated heterocycles. The van der Waals surface area contributed by atoms with Gasteiger partial charge in [-0.1, -0.05) is 63.0 Å². The lowest BCUT2D eigenvalue weighted by molar-refractivity contribution is 0.197. The Bertz CT molecular complexity index is 590. The lowest BCUT2D eigenvalue weighted by Crippen LogP contribution is -2.41. The van der Waals surface area contributed by atoms with Gasteiger partial charge in [-0.2, -0.15) is 0 Å². The van der Waals surface area contributed by atoms with Crippen LogP contribution in [0.1, 0.15) is 69.4 Å². The zero-order valence-corrected chi connectivity index (χ0v) is 15.7. The Morgan fingerprint density at radius 1 is 1.16 bits per heavy atom. The van der Waals surface area contributed by atoms with Gasteiger partial charge >= 0.3 is 0 Å². The second kappa shape index (κ2) is 9.79. The third-order valence-corrected chi connectivity index (χ3v) is 4.75. The van der Waals surface area contributed by atoms with Crippen molar-refractivity contribution in [2.75, 3.05) is 13.2 Å². The van der Waals surface area contributed by atoms with E-state index < -0.39 is 5.54 Å². The molecule has 0 heterocycles. The molecule has 0 radical (unpaired) electrons. The number of allylic oxidation sites excluding steroid dienone is 3. The van der Waals surface area contributed by atoms with E-state index in [4.69, 9.17) is 10.5 Å². The van der Waals surface area contributed by atoms with Crippen LogP contribution in [0.4, 0.5) is 0 Å². The van der Waals surface area contributed by atoms with E-state index >= 15 is 0 Å². The van der Waals surface area contributed by atoms with Crippen LogP contribution in [0.2, 0.25) is 0 Å². The molecule has 0 fully saturated rings. The molecule has 0 saturated carbocycles. The number of ether oxygens (including phenoxy) is 1. The molecule has 0 bridgehead atoms. The number of unbranched alkanes of at least 4 members (excludes halogenated alkanes) is 4. The third kappa shape index (κ3) is 6.33. The maximum Gasteiger partial charge on any atom is 0.119 e. The molecule has 2 unspecified atom stereocenters. The van der Waals surface area contributed by atoms with Gasteiger partial charge < -0.3 is 15.6 Å². The minimum Gasteiger partial charge on any atom is -0.494 e. The average molecular weight is 344 g/mol. The van der Waals surface area contributed by atoms with Gasteiger partial charge in [-0.05, 0) is 43.0 Å². The van der Waals surface area contributed by atoms with Crippen molar-refractivity contribution in [3.63, 3.8) is 0 Å². The van der Waals surface area contributed by atoms with E-state index in [0.29, 0.717) is 6.42 Å². The summed E-state index contributed by atoms with van der Waals surface area (Å²) < 4.78 is 5.93. The molecule has 3 heteroatoms. The number of nitrogens with two attached hydrogens (primary N) is 1. The average Bonchev–Trinajstić information content (AvgIpc) is 2.79. The molecule has 138 valence electrons. The first kappa shape index (κ1) is 19.7. The summed E-state index contributed by atoms with van der Waals surface area (Å²) in [4.78, 5) is 0. The highest BCUT2D eigenvalue weighted by Crippen LogP contribution is 2.33. The van der Waals surface area contributed by atoms with E-state index in [1.807, 2.05) is 6.92 Å². The van der Waals surface area contributed by atoms with E-state index in [1.165, 1.54) is 36.8 Å². The summed E-state index contributed by atoms with van der Waals surface area (Å²) in [5.74, 6) is 1.13. The maximum absolute atomic E-state index is 9.48. The molecule has 2 rings (SSSR count). The molecule has 3 nitrogen and oxygen atoms in total. The summed E-state index contributed by atoms with van der Waals surface area (Å²) in [6, 6.07) is 6.31. The normalized spacial score (nSPS) is 18.5. The number of aliphatic hydroxyl groups is 1. The van der Waals surface area contributed by atoms with Crippen LogP contribution >= 0.6 is 0 Å². The number of rotatable bonds is 10. The van der Waals surface area contributed by atoms with Gasteiger partial charge in [0, 0.05) is 11.5 Å². The molecular formula is C22H33NO2. The van der Waals surface area contributed by atoms with E-state index in [2.05, 4.69) is 49.4 Å². The van der Waals surface area contributed by atoms with Crippen LogP contribution in [-0.2, 0) is 0 Å². The smallest absolute Gasteiger partial charge is 0.119 e. The molecule has 1 aromatic carbocycles. The summed E-state index contributed by atoms with van der Waals surface area (Å²) in [5, 5.41) is 9.48. The van der Waals surface area contributed by atoms with Gasteiger partial charge in [0.2, 0.25) is 0 Å². The highest BCUT2D eigenvalue weighted by Gasteiger charge is 2.24. The lowest BCUT2D eigenvalue weighted by atomic mass is 9.84. The number of hydrogen-bond acceptors (Lipinski definition) is 3. The van der Waals surface area contributed by atoms with Crippen LogP contribution in [0.25, 0.3) is 6.08 Å². The molecule has 1 aromatic rings. The third-order valence-electron chi connectivity index (χ3n) is 4.75. The predicted octanol–water partition coefficient (Wildman–Crippen LogP) is 4.80. The van der Waals surface area contributed by atoms with Crippen molar-refractivity contribution >= 4 is 6.08 Å². The van der Waals surface area contributed by atoms with Gasteiger partial charge in [0.25, 0.3) is 0 Å². The van der Waals surface area contributed by atoms with Crippen LogP contribution in [0.3, 0.4) is 0 Å². The summed E-state index contributed by atoms with van der Waals surface area (Å²) in [6.07, 6.45) is 15.3. The minimum absolute atomic E-state index is 0.0146. The molecule has 1 aliphatic carbocycles. The van der Waals surface area contributed by atoms with Crippen molar-refractivity contribution in [2.45, 2.75) is 63.8 Å². The zero-order valence-electron chi connectivity index (χ0n) is 15.7. The lowest BCUT2D eigenvalue weighted by Gasteiger charge is -2.27. The van der Waals surface area contributed by atoms with Crippen molar-refractivity contribution in [1.82, 2.24) is 0 Å². The first-order valence-corrected chi connectivity index (χ1v) is 9.57. The van der Waals surface area contributed by atoms with Crippen LogP contribution in [0, 0.1) is 0 Å². The fourth-order valence-corrected chi connectivity index (χ4v) is 3.23.